The van der Waals surface area contributed by atoms with Gasteiger partial charge in [0.1, 0.15) is 24.4 Å². The van der Waals surface area contributed by atoms with Crippen LogP contribution in [0.3, 0.4) is 0 Å². The molecule has 1 heterocycles. The van der Waals surface area contributed by atoms with Crippen molar-refractivity contribution in [2.75, 3.05) is 13.2 Å². The SMILES string of the molecule is C=C(C)[C@@H]1CC=C(CO[C@@H]2O[C@H](CO)[C@@H](O)[C@H](O)[C@H]2O)CC1. The molecule has 0 unspecified atom stereocenters. The predicted octanol–water partition coefficient (Wildman–Crippen LogP) is 0.105. The van der Waals surface area contributed by atoms with Crippen molar-refractivity contribution in [3.8, 4) is 0 Å². The highest BCUT2D eigenvalue weighted by atomic mass is 16.7. The number of aliphatic hydroxyl groups excluding tert-OH is 4. The summed E-state index contributed by atoms with van der Waals surface area (Å²) in [6.45, 7) is 5.86. The minimum absolute atomic E-state index is 0.297. The lowest BCUT2D eigenvalue weighted by molar-refractivity contribution is -0.299. The summed E-state index contributed by atoms with van der Waals surface area (Å²) in [5.74, 6) is 0.510. The van der Waals surface area contributed by atoms with Crippen molar-refractivity contribution >= 4 is 0 Å². The van der Waals surface area contributed by atoms with E-state index in [-0.39, 0.29) is 0 Å². The first-order valence-corrected chi connectivity index (χ1v) is 7.69. The Labute approximate surface area is 130 Å². The molecule has 6 nitrogen and oxygen atoms in total. The Balaban J connectivity index is 1.87. The van der Waals surface area contributed by atoms with Crippen molar-refractivity contribution in [1.29, 1.82) is 0 Å². The van der Waals surface area contributed by atoms with Crippen LogP contribution in [0, 0.1) is 5.92 Å². The van der Waals surface area contributed by atoms with E-state index in [4.69, 9.17) is 14.6 Å². The molecule has 0 radical (unpaired) electrons. The van der Waals surface area contributed by atoms with Gasteiger partial charge in [-0.25, -0.2) is 0 Å². The van der Waals surface area contributed by atoms with Crippen molar-refractivity contribution < 1.29 is 29.9 Å². The van der Waals surface area contributed by atoms with Crippen LogP contribution < -0.4 is 0 Å². The molecule has 0 aromatic carbocycles. The molecule has 126 valence electrons. The third-order valence-electron chi connectivity index (χ3n) is 4.48. The molecular formula is C16H26O6. The second-order valence-corrected chi connectivity index (χ2v) is 6.19. The number of aliphatic hydroxyl groups is 4. The van der Waals surface area contributed by atoms with Gasteiger partial charge in [0.25, 0.3) is 0 Å². The zero-order chi connectivity index (χ0) is 16.3. The van der Waals surface area contributed by atoms with Crippen molar-refractivity contribution in [3.05, 3.63) is 23.8 Å². The maximum Gasteiger partial charge on any atom is 0.187 e. The van der Waals surface area contributed by atoms with Crippen LogP contribution >= 0.6 is 0 Å². The van der Waals surface area contributed by atoms with Gasteiger partial charge >= 0.3 is 0 Å². The van der Waals surface area contributed by atoms with Crippen molar-refractivity contribution in [2.24, 2.45) is 5.92 Å². The molecule has 1 fully saturated rings. The van der Waals surface area contributed by atoms with Crippen molar-refractivity contribution in [2.45, 2.75) is 56.9 Å². The summed E-state index contributed by atoms with van der Waals surface area (Å²) < 4.78 is 10.8. The quantitative estimate of drug-likeness (QED) is 0.537. The lowest BCUT2D eigenvalue weighted by Gasteiger charge is -2.39. The molecular weight excluding hydrogens is 288 g/mol. The molecule has 2 aliphatic rings. The summed E-state index contributed by atoms with van der Waals surface area (Å²) in [7, 11) is 0. The molecule has 0 bridgehead atoms. The monoisotopic (exact) mass is 314 g/mol. The second kappa shape index (κ2) is 7.68. The first-order chi connectivity index (χ1) is 10.4. The average Bonchev–Trinajstić information content (AvgIpc) is 2.52. The predicted molar refractivity (Wildman–Crippen MR) is 80.0 cm³/mol. The van der Waals surface area contributed by atoms with E-state index in [1.807, 2.05) is 6.92 Å². The lowest BCUT2D eigenvalue weighted by Crippen LogP contribution is -2.59. The van der Waals surface area contributed by atoms with Gasteiger partial charge in [-0.2, -0.15) is 0 Å². The van der Waals surface area contributed by atoms with E-state index in [2.05, 4.69) is 12.7 Å². The van der Waals surface area contributed by atoms with E-state index in [1.54, 1.807) is 0 Å². The minimum atomic E-state index is -1.40. The molecule has 1 aliphatic heterocycles. The smallest absolute Gasteiger partial charge is 0.187 e. The number of rotatable bonds is 5. The molecule has 0 spiro atoms. The highest BCUT2D eigenvalue weighted by Gasteiger charge is 2.44. The third-order valence-corrected chi connectivity index (χ3v) is 4.48. The summed E-state index contributed by atoms with van der Waals surface area (Å²) in [5, 5.41) is 38.4. The maximum absolute atomic E-state index is 9.89. The van der Waals surface area contributed by atoms with Gasteiger partial charge in [0.15, 0.2) is 6.29 Å². The summed E-state index contributed by atoms with van der Waals surface area (Å²) in [4.78, 5) is 0. The Kier molecular flexibility index (Phi) is 6.14. The van der Waals surface area contributed by atoms with E-state index in [1.165, 1.54) is 5.57 Å². The number of hydrogen-bond acceptors (Lipinski definition) is 6. The van der Waals surface area contributed by atoms with Crippen LogP contribution in [-0.4, -0.2) is 64.3 Å². The summed E-state index contributed by atoms with van der Waals surface area (Å²) in [6.07, 6.45) is -1.12. The van der Waals surface area contributed by atoms with Gasteiger partial charge in [-0.15, -0.1) is 0 Å². The average molecular weight is 314 g/mol. The molecule has 0 saturated carbocycles. The first-order valence-electron chi connectivity index (χ1n) is 7.69. The van der Waals surface area contributed by atoms with Crippen LogP contribution in [0.15, 0.2) is 23.8 Å². The zero-order valence-electron chi connectivity index (χ0n) is 12.9. The number of allylic oxidation sites excluding steroid dienone is 2. The Morgan fingerprint density at radius 3 is 2.59 bits per heavy atom. The summed E-state index contributed by atoms with van der Waals surface area (Å²) in [5.41, 5.74) is 2.31. The topological polar surface area (TPSA) is 99.4 Å². The molecule has 6 heteroatoms. The van der Waals surface area contributed by atoms with Crippen LogP contribution in [0.2, 0.25) is 0 Å². The number of ether oxygens (including phenoxy) is 2. The van der Waals surface area contributed by atoms with E-state index in [9.17, 15) is 15.3 Å². The Bertz CT molecular complexity index is 419. The first kappa shape index (κ1) is 17.6. The fourth-order valence-electron chi connectivity index (χ4n) is 2.86. The molecule has 0 amide bonds. The number of hydrogen-bond donors (Lipinski definition) is 4. The fraction of sp³-hybridized carbons (Fsp3) is 0.750. The van der Waals surface area contributed by atoms with E-state index in [0.717, 1.165) is 24.8 Å². The molecule has 1 aliphatic carbocycles. The van der Waals surface area contributed by atoms with E-state index in [0.29, 0.717) is 12.5 Å². The molecule has 1 saturated heterocycles. The highest BCUT2D eigenvalue weighted by molar-refractivity contribution is 5.12. The fourth-order valence-corrected chi connectivity index (χ4v) is 2.86. The van der Waals surface area contributed by atoms with Crippen LogP contribution in [0.1, 0.15) is 26.2 Å². The molecule has 2 rings (SSSR count). The Morgan fingerprint density at radius 1 is 1.32 bits per heavy atom. The Morgan fingerprint density at radius 2 is 2.05 bits per heavy atom. The van der Waals surface area contributed by atoms with Gasteiger partial charge in [0, 0.05) is 0 Å². The van der Waals surface area contributed by atoms with Crippen LogP contribution in [0.4, 0.5) is 0 Å². The van der Waals surface area contributed by atoms with Crippen LogP contribution in [0.25, 0.3) is 0 Å². The van der Waals surface area contributed by atoms with Crippen LogP contribution in [-0.2, 0) is 9.47 Å². The molecule has 0 aromatic heterocycles. The second-order valence-electron chi connectivity index (χ2n) is 6.19. The summed E-state index contributed by atoms with van der Waals surface area (Å²) >= 11 is 0. The Hall–Kier alpha value is -0.760. The van der Waals surface area contributed by atoms with Crippen LogP contribution in [0.5, 0.6) is 0 Å². The normalized spacial score (nSPS) is 39.4. The molecule has 22 heavy (non-hydrogen) atoms. The highest BCUT2D eigenvalue weighted by Crippen LogP contribution is 2.29. The van der Waals surface area contributed by atoms with Crippen molar-refractivity contribution in [1.82, 2.24) is 0 Å². The maximum atomic E-state index is 9.89. The zero-order valence-corrected chi connectivity index (χ0v) is 12.9. The third kappa shape index (κ3) is 3.95. The van der Waals surface area contributed by atoms with Gasteiger partial charge in [0.2, 0.25) is 0 Å². The summed E-state index contributed by atoms with van der Waals surface area (Å²) in [6, 6.07) is 0. The van der Waals surface area contributed by atoms with Gasteiger partial charge < -0.3 is 29.9 Å². The standard InChI is InChI=1S/C16H26O6/c1-9(2)11-5-3-10(4-6-11)8-21-16-15(20)14(19)13(18)12(7-17)22-16/h3,11-20H,1,4-8H2,2H3/t11-,12-,13-,14+,15-,16-/m1/s1. The molecule has 0 aromatic rings. The lowest BCUT2D eigenvalue weighted by atomic mass is 9.86. The minimum Gasteiger partial charge on any atom is -0.394 e. The van der Waals surface area contributed by atoms with Gasteiger partial charge in [-0.05, 0) is 37.7 Å². The van der Waals surface area contributed by atoms with Crippen molar-refractivity contribution in [3.63, 3.8) is 0 Å². The molecule has 6 atom stereocenters. The largest absolute Gasteiger partial charge is 0.394 e. The van der Waals surface area contributed by atoms with E-state index < -0.39 is 37.3 Å². The van der Waals surface area contributed by atoms with E-state index >= 15 is 0 Å². The molecule has 4 N–H and O–H groups in total. The van der Waals surface area contributed by atoms with Gasteiger partial charge in [-0.1, -0.05) is 18.2 Å². The van der Waals surface area contributed by atoms with Gasteiger partial charge in [0.05, 0.1) is 13.2 Å². The van der Waals surface area contributed by atoms with Gasteiger partial charge in [-0.3, -0.25) is 0 Å².